The molecule has 10 heteroatoms. The Kier molecular flexibility index (Phi) is 6.92. The van der Waals surface area contributed by atoms with Crippen LogP contribution in [0.3, 0.4) is 0 Å². The highest BCUT2D eigenvalue weighted by Crippen LogP contribution is 2.27. The maximum atomic E-state index is 13.0. The normalized spacial score (nSPS) is 16.1. The molecule has 158 valence electrons. The summed E-state index contributed by atoms with van der Waals surface area (Å²) in [4.78, 5) is 14.7. The van der Waals surface area contributed by atoms with E-state index in [1.54, 1.807) is 17.0 Å². The number of halogens is 1. The van der Waals surface area contributed by atoms with E-state index in [9.17, 15) is 13.2 Å². The molecule has 0 spiro atoms. The molecule has 0 bridgehead atoms. The van der Waals surface area contributed by atoms with Crippen LogP contribution in [0, 0.1) is 5.92 Å². The van der Waals surface area contributed by atoms with Crippen LogP contribution in [0.2, 0.25) is 5.02 Å². The number of piperidine rings is 1. The fourth-order valence-corrected chi connectivity index (χ4v) is 4.54. The molecule has 0 N–H and O–H groups in total. The fraction of sp³-hybridized carbons (Fsp3) is 0.526. The van der Waals surface area contributed by atoms with Crippen molar-refractivity contribution >= 4 is 27.5 Å². The fourth-order valence-electron chi connectivity index (χ4n) is 3.45. The summed E-state index contributed by atoms with van der Waals surface area (Å²) in [6, 6.07) is 7.20. The third-order valence-electron chi connectivity index (χ3n) is 4.97. The van der Waals surface area contributed by atoms with Crippen molar-refractivity contribution in [3.05, 3.63) is 35.2 Å². The number of nitrogens with zero attached hydrogens (tertiary/aromatic N) is 4. The van der Waals surface area contributed by atoms with E-state index in [-0.39, 0.29) is 18.4 Å². The van der Waals surface area contributed by atoms with Gasteiger partial charge in [-0.3, -0.25) is 4.79 Å². The summed E-state index contributed by atoms with van der Waals surface area (Å²) >= 11 is 6.18. The van der Waals surface area contributed by atoms with E-state index in [0.29, 0.717) is 54.8 Å². The van der Waals surface area contributed by atoms with Gasteiger partial charge in [0.1, 0.15) is 0 Å². The van der Waals surface area contributed by atoms with Crippen LogP contribution in [0.5, 0.6) is 0 Å². The average Bonchev–Trinajstić information content (AvgIpc) is 3.15. The SMILES string of the molecule is CCCN(Cc1nnc(-c2ccccc2Cl)o1)C(=O)C1CCN(S(C)(=O)=O)CC1. The predicted octanol–water partition coefficient (Wildman–Crippen LogP) is 2.80. The van der Waals surface area contributed by atoms with Gasteiger partial charge in [0.2, 0.25) is 27.7 Å². The Bertz CT molecular complexity index is 955. The second kappa shape index (κ2) is 9.23. The number of benzene rings is 1. The van der Waals surface area contributed by atoms with E-state index in [4.69, 9.17) is 16.0 Å². The third kappa shape index (κ3) is 5.34. The zero-order valence-electron chi connectivity index (χ0n) is 16.5. The first kappa shape index (κ1) is 21.7. The molecule has 0 aliphatic carbocycles. The second-order valence-corrected chi connectivity index (χ2v) is 9.57. The molecule has 1 saturated heterocycles. The van der Waals surface area contributed by atoms with Crippen molar-refractivity contribution in [2.45, 2.75) is 32.7 Å². The van der Waals surface area contributed by atoms with Crippen LogP contribution < -0.4 is 0 Å². The van der Waals surface area contributed by atoms with Gasteiger partial charge in [0.25, 0.3) is 0 Å². The topological polar surface area (TPSA) is 96.6 Å². The highest BCUT2D eigenvalue weighted by atomic mass is 35.5. The zero-order chi connectivity index (χ0) is 21.0. The largest absolute Gasteiger partial charge is 0.419 e. The van der Waals surface area contributed by atoms with Gasteiger partial charge in [0.05, 0.1) is 23.4 Å². The molecule has 1 aliphatic heterocycles. The molecule has 3 rings (SSSR count). The Hall–Kier alpha value is -1.97. The summed E-state index contributed by atoms with van der Waals surface area (Å²) in [6.07, 6.45) is 3.02. The van der Waals surface area contributed by atoms with Crippen LogP contribution >= 0.6 is 11.6 Å². The molecule has 0 saturated carbocycles. The van der Waals surface area contributed by atoms with Crippen LogP contribution in [0.1, 0.15) is 32.1 Å². The first-order chi connectivity index (χ1) is 13.8. The van der Waals surface area contributed by atoms with Crippen molar-refractivity contribution in [3.63, 3.8) is 0 Å². The summed E-state index contributed by atoms with van der Waals surface area (Å²) in [6.45, 7) is 3.51. The van der Waals surface area contributed by atoms with Crippen molar-refractivity contribution < 1.29 is 17.6 Å². The number of amides is 1. The van der Waals surface area contributed by atoms with Gasteiger partial charge in [-0.25, -0.2) is 12.7 Å². The summed E-state index contributed by atoms with van der Waals surface area (Å²) in [5.41, 5.74) is 0.648. The molecule has 2 aromatic rings. The number of sulfonamides is 1. The Morgan fingerprint density at radius 2 is 1.97 bits per heavy atom. The van der Waals surface area contributed by atoms with Crippen LogP contribution in [-0.2, 0) is 21.4 Å². The summed E-state index contributed by atoms with van der Waals surface area (Å²) in [5.74, 6) is 0.453. The summed E-state index contributed by atoms with van der Waals surface area (Å²) in [7, 11) is -3.22. The number of hydrogen-bond donors (Lipinski definition) is 0. The molecule has 1 aliphatic rings. The van der Waals surface area contributed by atoms with Gasteiger partial charge in [-0.15, -0.1) is 10.2 Å². The van der Waals surface area contributed by atoms with Crippen LogP contribution in [0.4, 0.5) is 0 Å². The van der Waals surface area contributed by atoms with E-state index in [0.717, 1.165) is 6.42 Å². The van der Waals surface area contributed by atoms with Gasteiger partial charge in [-0.1, -0.05) is 30.7 Å². The molecule has 1 aromatic carbocycles. The van der Waals surface area contributed by atoms with Crippen molar-refractivity contribution in [1.82, 2.24) is 19.4 Å². The number of aromatic nitrogens is 2. The van der Waals surface area contributed by atoms with E-state index >= 15 is 0 Å². The van der Waals surface area contributed by atoms with E-state index in [1.165, 1.54) is 10.6 Å². The van der Waals surface area contributed by atoms with Crippen molar-refractivity contribution in [1.29, 1.82) is 0 Å². The minimum absolute atomic E-state index is 0.00232. The monoisotopic (exact) mass is 440 g/mol. The van der Waals surface area contributed by atoms with E-state index < -0.39 is 10.0 Å². The number of rotatable bonds is 7. The Balaban J connectivity index is 1.68. The zero-order valence-corrected chi connectivity index (χ0v) is 18.1. The molecular formula is C19H25ClN4O4S. The molecule has 1 fully saturated rings. The Morgan fingerprint density at radius 1 is 1.28 bits per heavy atom. The minimum atomic E-state index is -3.22. The quantitative estimate of drug-likeness (QED) is 0.656. The van der Waals surface area contributed by atoms with Gasteiger partial charge in [-0.05, 0) is 31.4 Å². The molecule has 29 heavy (non-hydrogen) atoms. The molecule has 1 amide bonds. The van der Waals surface area contributed by atoms with E-state index in [1.807, 2.05) is 19.1 Å². The standard InChI is InChI=1S/C19H25ClN4O4S/c1-3-10-23(19(25)14-8-11-24(12-9-14)29(2,26)27)13-17-21-22-18(28-17)15-6-4-5-7-16(15)20/h4-7,14H,3,8-13H2,1-2H3. The van der Waals surface area contributed by atoms with Gasteiger partial charge in [0.15, 0.2) is 0 Å². The Labute approximate surface area is 175 Å². The number of hydrogen-bond acceptors (Lipinski definition) is 6. The second-order valence-electron chi connectivity index (χ2n) is 7.18. The molecule has 0 radical (unpaired) electrons. The number of carbonyl (C=O) groups is 1. The highest BCUT2D eigenvalue weighted by Gasteiger charge is 2.31. The van der Waals surface area contributed by atoms with Crippen molar-refractivity contribution in [3.8, 4) is 11.5 Å². The lowest BCUT2D eigenvalue weighted by atomic mass is 9.96. The highest BCUT2D eigenvalue weighted by molar-refractivity contribution is 7.88. The Morgan fingerprint density at radius 3 is 2.59 bits per heavy atom. The van der Waals surface area contributed by atoms with Crippen LogP contribution in [-0.4, -0.2) is 59.6 Å². The first-order valence-corrected chi connectivity index (χ1v) is 11.8. The average molecular weight is 441 g/mol. The third-order valence-corrected chi connectivity index (χ3v) is 6.61. The van der Waals surface area contributed by atoms with Crippen LogP contribution in [0.15, 0.2) is 28.7 Å². The molecular weight excluding hydrogens is 416 g/mol. The molecule has 8 nitrogen and oxygen atoms in total. The number of carbonyl (C=O) groups excluding carboxylic acids is 1. The molecule has 0 atom stereocenters. The van der Waals surface area contributed by atoms with Crippen molar-refractivity contribution in [2.75, 3.05) is 25.9 Å². The molecule has 0 unspecified atom stereocenters. The predicted molar refractivity (Wildman–Crippen MR) is 110 cm³/mol. The van der Waals surface area contributed by atoms with Gasteiger partial charge < -0.3 is 9.32 Å². The van der Waals surface area contributed by atoms with Crippen molar-refractivity contribution in [2.24, 2.45) is 5.92 Å². The van der Waals surface area contributed by atoms with Crippen LogP contribution in [0.25, 0.3) is 11.5 Å². The molecule has 1 aromatic heterocycles. The smallest absolute Gasteiger partial charge is 0.249 e. The summed E-state index contributed by atoms with van der Waals surface area (Å²) in [5, 5.41) is 8.64. The molecule has 2 heterocycles. The lowest BCUT2D eigenvalue weighted by Gasteiger charge is -2.32. The lowest BCUT2D eigenvalue weighted by molar-refractivity contribution is -0.137. The summed E-state index contributed by atoms with van der Waals surface area (Å²) < 4.78 is 30.5. The lowest BCUT2D eigenvalue weighted by Crippen LogP contribution is -2.44. The van der Waals surface area contributed by atoms with Gasteiger partial charge in [-0.2, -0.15) is 0 Å². The first-order valence-electron chi connectivity index (χ1n) is 9.60. The van der Waals surface area contributed by atoms with Gasteiger partial charge in [0, 0.05) is 25.6 Å². The van der Waals surface area contributed by atoms with Gasteiger partial charge >= 0.3 is 0 Å². The van der Waals surface area contributed by atoms with E-state index in [2.05, 4.69) is 10.2 Å². The maximum Gasteiger partial charge on any atom is 0.249 e. The minimum Gasteiger partial charge on any atom is -0.419 e. The maximum absolute atomic E-state index is 13.0.